The van der Waals surface area contributed by atoms with Gasteiger partial charge in [-0.25, -0.2) is 4.99 Å². The van der Waals surface area contributed by atoms with Crippen molar-refractivity contribution in [2.75, 3.05) is 0 Å². The van der Waals surface area contributed by atoms with Gasteiger partial charge in [-0.15, -0.1) is 0 Å². The van der Waals surface area contributed by atoms with Crippen LogP contribution in [0.3, 0.4) is 0 Å². The predicted molar refractivity (Wildman–Crippen MR) is 81.8 cm³/mol. The summed E-state index contributed by atoms with van der Waals surface area (Å²) in [5, 5.41) is 0. The number of aliphatic imine (C=N–C) groups is 1. The molecule has 0 amide bonds. The van der Waals surface area contributed by atoms with E-state index in [4.69, 9.17) is 4.99 Å². The minimum Gasteiger partial charge on any atom is -0.249 e. The van der Waals surface area contributed by atoms with E-state index in [1.165, 1.54) is 11.1 Å². The van der Waals surface area contributed by atoms with E-state index in [-0.39, 0.29) is 0 Å². The second-order valence-electron chi connectivity index (χ2n) is 4.31. The van der Waals surface area contributed by atoms with E-state index in [9.17, 15) is 0 Å². The molecule has 0 N–H and O–H groups in total. The maximum atomic E-state index is 4.69. The van der Waals surface area contributed by atoms with Gasteiger partial charge >= 0.3 is 0 Å². The summed E-state index contributed by atoms with van der Waals surface area (Å²) in [4.78, 5) is 4.69. The first kappa shape index (κ1) is 14.2. The fourth-order valence-corrected chi connectivity index (χ4v) is 1.70. The molecule has 0 saturated carbocycles. The second kappa shape index (κ2) is 6.75. The molecule has 0 saturated heterocycles. The van der Waals surface area contributed by atoms with Crippen LogP contribution in [-0.4, -0.2) is 5.71 Å². The van der Waals surface area contributed by atoms with Gasteiger partial charge in [0, 0.05) is 0 Å². The van der Waals surface area contributed by atoms with Gasteiger partial charge in [0.25, 0.3) is 0 Å². The zero-order valence-electron chi connectivity index (χ0n) is 11.5. The SMILES string of the molecule is C=CC(=C\C)/C(C=C)=N/C1=CCC(C)=CC=C1C. The van der Waals surface area contributed by atoms with Gasteiger partial charge < -0.3 is 0 Å². The molecule has 0 spiro atoms. The van der Waals surface area contributed by atoms with Crippen molar-refractivity contribution in [3.63, 3.8) is 0 Å². The highest BCUT2D eigenvalue weighted by atomic mass is 14.8. The van der Waals surface area contributed by atoms with Crippen LogP contribution in [0, 0.1) is 0 Å². The van der Waals surface area contributed by atoms with E-state index in [0.717, 1.165) is 23.4 Å². The normalized spacial score (nSPS) is 17.4. The van der Waals surface area contributed by atoms with Crippen molar-refractivity contribution in [2.24, 2.45) is 4.99 Å². The van der Waals surface area contributed by atoms with Gasteiger partial charge in [0.05, 0.1) is 11.4 Å². The standard InChI is InChI=1S/C17H21N/c1-6-15(7-2)16(8-3)18-17-12-10-13(4)9-11-14(17)5/h6-9,11-12H,1,3,10H2,2,4-5H3/b15-7+,18-16+. The molecule has 0 unspecified atom stereocenters. The van der Waals surface area contributed by atoms with Gasteiger partial charge in [0.2, 0.25) is 0 Å². The lowest BCUT2D eigenvalue weighted by atomic mass is 10.1. The lowest BCUT2D eigenvalue weighted by Crippen LogP contribution is -1.98. The van der Waals surface area contributed by atoms with Crippen LogP contribution in [0.4, 0.5) is 0 Å². The maximum Gasteiger partial charge on any atom is 0.0699 e. The first-order chi connectivity index (χ1) is 8.62. The van der Waals surface area contributed by atoms with E-state index in [0.29, 0.717) is 0 Å². The van der Waals surface area contributed by atoms with Crippen LogP contribution >= 0.6 is 0 Å². The van der Waals surface area contributed by atoms with Crippen molar-refractivity contribution in [2.45, 2.75) is 27.2 Å². The van der Waals surface area contributed by atoms with Crippen LogP contribution in [-0.2, 0) is 0 Å². The molecule has 0 atom stereocenters. The molecule has 0 aliphatic heterocycles. The number of hydrogen-bond acceptors (Lipinski definition) is 1. The molecule has 18 heavy (non-hydrogen) atoms. The van der Waals surface area contributed by atoms with Gasteiger partial charge in [-0.3, -0.25) is 0 Å². The largest absolute Gasteiger partial charge is 0.249 e. The molecule has 1 nitrogen and oxygen atoms in total. The molecule has 1 rings (SSSR count). The van der Waals surface area contributed by atoms with Crippen molar-refractivity contribution in [3.05, 3.63) is 72.0 Å². The lowest BCUT2D eigenvalue weighted by Gasteiger charge is -2.05. The summed E-state index contributed by atoms with van der Waals surface area (Å²) in [7, 11) is 0. The molecule has 94 valence electrons. The van der Waals surface area contributed by atoms with E-state index in [2.05, 4.69) is 45.2 Å². The van der Waals surface area contributed by atoms with Gasteiger partial charge in [0.15, 0.2) is 0 Å². The van der Waals surface area contributed by atoms with Crippen LogP contribution in [0.5, 0.6) is 0 Å². The Balaban J connectivity index is 3.15. The quantitative estimate of drug-likeness (QED) is 0.487. The van der Waals surface area contributed by atoms with Gasteiger partial charge in [-0.05, 0) is 44.4 Å². The molecule has 1 aliphatic carbocycles. The summed E-state index contributed by atoms with van der Waals surface area (Å²) in [6, 6.07) is 0. The summed E-state index contributed by atoms with van der Waals surface area (Å²) in [5.41, 5.74) is 5.40. The zero-order chi connectivity index (χ0) is 13.5. The molecule has 0 aromatic heterocycles. The maximum absolute atomic E-state index is 4.69. The van der Waals surface area contributed by atoms with Crippen molar-refractivity contribution in [3.8, 4) is 0 Å². The molecule has 0 heterocycles. The molecule has 1 aliphatic rings. The molecular weight excluding hydrogens is 218 g/mol. The summed E-state index contributed by atoms with van der Waals surface area (Å²) in [5.74, 6) is 0. The first-order valence-electron chi connectivity index (χ1n) is 6.17. The Labute approximate surface area is 110 Å². The van der Waals surface area contributed by atoms with Crippen molar-refractivity contribution in [1.82, 2.24) is 0 Å². The topological polar surface area (TPSA) is 12.4 Å². The Morgan fingerprint density at radius 2 is 1.94 bits per heavy atom. The Kier molecular flexibility index (Phi) is 5.31. The third kappa shape index (κ3) is 3.56. The Hall–Kier alpha value is -1.89. The summed E-state index contributed by atoms with van der Waals surface area (Å²) >= 11 is 0. The Morgan fingerprint density at radius 1 is 1.22 bits per heavy atom. The van der Waals surface area contributed by atoms with Crippen LogP contribution in [0.1, 0.15) is 27.2 Å². The minimum atomic E-state index is 0.867. The third-order valence-electron chi connectivity index (χ3n) is 2.90. The van der Waals surface area contributed by atoms with Crippen molar-refractivity contribution in [1.29, 1.82) is 0 Å². The summed E-state index contributed by atoms with van der Waals surface area (Å²) in [6.07, 6.45) is 12.9. The van der Waals surface area contributed by atoms with E-state index in [1.54, 1.807) is 12.2 Å². The average molecular weight is 239 g/mol. The molecular formula is C17H21N. The second-order valence-corrected chi connectivity index (χ2v) is 4.31. The van der Waals surface area contributed by atoms with Crippen LogP contribution in [0.15, 0.2) is 77.0 Å². The molecule has 0 radical (unpaired) electrons. The average Bonchev–Trinajstić information content (AvgIpc) is 2.53. The molecule has 0 bridgehead atoms. The van der Waals surface area contributed by atoms with Gasteiger partial charge in [0.1, 0.15) is 0 Å². The smallest absolute Gasteiger partial charge is 0.0699 e. The minimum absolute atomic E-state index is 0.867. The highest BCUT2D eigenvalue weighted by molar-refractivity contribution is 6.10. The zero-order valence-corrected chi connectivity index (χ0v) is 11.5. The predicted octanol–water partition coefficient (Wildman–Crippen LogP) is 4.93. The molecule has 0 fully saturated rings. The van der Waals surface area contributed by atoms with E-state index in [1.807, 2.05) is 13.0 Å². The Bertz CT molecular complexity index is 494. The molecule has 1 heteroatoms. The highest BCUT2D eigenvalue weighted by Crippen LogP contribution is 2.20. The molecule has 0 aromatic rings. The molecule has 0 aromatic carbocycles. The third-order valence-corrected chi connectivity index (χ3v) is 2.90. The number of allylic oxidation sites excluding steroid dienone is 9. The number of hydrogen-bond donors (Lipinski definition) is 0. The van der Waals surface area contributed by atoms with Gasteiger partial charge in [-0.1, -0.05) is 49.1 Å². The summed E-state index contributed by atoms with van der Waals surface area (Å²) < 4.78 is 0. The van der Waals surface area contributed by atoms with Crippen LogP contribution < -0.4 is 0 Å². The monoisotopic (exact) mass is 239 g/mol. The van der Waals surface area contributed by atoms with E-state index < -0.39 is 0 Å². The first-order valence-corrected chi connectivity index (χ1v) is 6.17. The number of nitrogens with zero attached hydrogens (tertiary/aromatic N) is 1. The summed E-state index contributed by atoms with van der Waals surface area (Å²) in [6.45, 7) is 13.8. The highest BCUT2D eigenvalue weighted by Gasteiger charge is 2.05. The fraction of sp³-hybridized carbons (Fsp3) is 0.235. The fourth-order valence-electron chi connectivity index (χ4n) is 1.70. The van der Waals surface area contributed by atoms with E-state index >= 15 is 0 Å². The van der Waals surface area contributed by atoms with Gasteiger partial charge in [-0.2, -0.15) is 0 Å². The number of rotatable bonds is 4. The van der Waals surface area contributed by atoms with Crippen molar-refractivity contribution < 1.29 is 0 Å². The van der Waals surface area contributed by atoms with Crippen LogP contribution in [0.25, 0.3) is 0 Å². The Morgan fingerprint density at radius 3 is 2.50 bits per heavy atom. The lowest BCUT2D eigenvalue weighted by molar-refractivity contribution is 1.18. The van der Waals surface area contributed by atoms with Crippen LogP contribution in [0.2, 0.25) is 0 Å². The van der Waals surface area contributed by atoms with Crippen molar-refractivity contribution >= 4 is 5.71 Å².